The van der Waals surface area contributed by atoms with Crippen LogP contribution in [0.3, 0.4) is 0 Å². The van der Waals surface area contributed by atoms with Crippen LogP contribution in [0.5, 0.6) is 0 Å². The molecule has 5 heteroatoms. The number of hydrogen-bond donors (Lipinski definition) is 2. The molecule has 0 radical (unpaired) electrons. The first-order valence-corrected chi connectivity index (χ1v) is 5.21. The Labute approximate surface area is 88.7 Å². The van der Waals surface area contributed by atoms with Crippen molar-refractivity contribution in [1.82, 2.24) is 20.5 Å². The molecule has 1 aliphatic carbocycles. The predicted molar refractivity (Wildman–Crippen MR) is 55.0 cm³/mol. The van der Waals surface area contributed by atoms with Gasteiger partial charge in [0, 0.05) is 18.9 Å². The molecule has 82 valence electrons. The SMILES string of the molecule is CC1(C)CC1C(=O)NCCc1ncn[nH]1. The minimum atomic E-state index is 0.166. The van der Waals surface area contributed by atoms with Crippen molar-refractivity contribution < 1.29 is 4.79 Å². The summed E-state index contributed by atoms with van der Waals surface area (Å²) in [5, 5.41) is 9.41. The van der Waals surface area contributed by atoms with E-state index in [0.717, 1.165) is 12.2 Å². The maximum absolute atomic E-state index is 11.6. The smallest absolute Gasteiger partial charge is 0.223 e. The molecule has 1 heterocycles. The van der Waals surface area contributed by atoms with E-state index in [1.54, 1.807) is 0 Å². The van der Waals surface area contributed by atoms with Crippen LogP contribution in [0.15, 0.2) is 6.33 Å². The van der Waals surface area contributed by atoms with E-state index in [-0.39, 0.29) is 17.2 Å². The van der Waals surface area contributed by atoms with E-state index < -0.39 is 0 Å². The first-order valence-electron chi connectivity index (χ1n) is 5.21. The Kier molecular flexibility index (Phi) is 2.46. The highest BCUT2D eigenvalue weighted by atomic mass is 16.2. The fraction of sp³-hybridized carbons (Fsp3) is 0.700. The molecule has 5 nitrogen and oxygen atoms in total. The lowest BCUT2D eigenvalue weighted by atomic mass is 10.1. The van der Waals surface area contributed by atoms with Crippen molar-refractivity contribution >= 4 is 5.91 Å². The van der Waals surface area contributed by atoms with Gasteiger partial charge in [-0.25, -0.2) is 4.98 Å². The van der Waals surface area contributed by atoms with Crippen LogP contribution < -0.4 is 5.32 Å². The Hall–Kier alpha value is -1.39. The molecule has 1 saturated carbocycles. The van der Waals surface area contributed by atoms with E-state index in [1.165, 1.54) is 6.33 Å². The molecule has 1 atom stereocenters. The predicted octanol–water partition coefficient (Wildman–Crippen LogP) is 0.509. The van der Waals surface area contributed by atoms with Crippen molar-refractivity contribution in [3.8, 4) is 0 Å². The van der Waals surface area contributed by atoms with Crippen molar-refractivity contribution in [2.45, 2.75) is 26.7 Å². The molecule has 15 heavy (non-hydrogen) atoms. The standard InChI is InChI=1S/C10H16N4O/c1-10(2)5-7(10)9(15)11-4-3-8-12-6-13-14-8/h6-7H,3-5H2,1-2H3,(H,11,15)(H,12,13,14). The molecule has 2 rings (SSSR count). The third kappa shape index (κ3) is 2.34. The number of H-pyrrole nitrogens is 1. The van der Waals surface area contributed by atoms with Crippen molar-refractivity contribution in [2.75, 3.05) is 6.54 Å². The maximum atomic E-state index is 11.6. The number of aromatic nitrogens is 3. The van der Waals surface area contributed by atoms with Gasteiger partial charge in [0.25, 0.3) is 0 Å². The number of carbonyl (C=O) groups is 1. The van der Waals surface area contributed by atoms with Gasteiger partial charge in [0.15, 0.2) is 0 Å². The molecular weight excluding hydrogens is 192 g/mol. The summed E-state index contributed by atoms with van der Waals surface area (Å²) in [6, 6.07) is 0. The molecular formula is C10H16N4O. The number of nitrogens with zero attached hydrogens (tertiary/aromatic N) is 2. The number of nitrogens with one attached hydrogen (secondary N) is 2. The fourth-order valence-electron chi connectivity index (χ4n) is 1.69. The summed E-state index contributed by atoms with van der Waals surface area (Å²) in [5.41, 5.74) is 0.205. The van der Waals surface area contributed by atoms with Crippen molar-refractivity contribution in [1.29, 1.82) is 0 Å². The third-order valence-corrected chi connectivity index (χ3v) is 2.96. The molecule has 1 amide bonds. The first kappa shape index (κ1) is 10.1. The van der Waals surface area contributed by atoms with Crippen LogP contribution in [-0.2, 0) is 11.2 Å². The van der Waals surface area contributed by atoms with Gasteiger partial charge in [-0.1, -0.05) is 13.8 Å². The molecule has 1 fully saturated rings. The number of rotatable bonds is 4. The molecule has 1 aliphatic rings. The van der Waals surface area contributed by atoms with Crippen LogP contribution in [0, 0.1) is 11.3 Å². The monoisotopic (exact) mass is 208 g/mol. The Morgan fingerprint density at radius 1 is 1.73 bits per heavy atom. The minimum absolute atomic E-state index is 0.166. The zero-order valence-electron chi connectivity index (χ0n) is 9.08. The van der Waals surface area contributed by atoms with Gasteiger partial charge in [-0.3, -0.25) is 9.89 Å². The number of carbonyl (C=O) groups excluding carboxylic acids is 1. The van der Waals surface area contributed by atoms with Gasteiger partial charge in [-0.15, -0.1) is 0 Å². The second kappa shape index (κ2) is 3.64. The molecule has 0 aromatic carbocycles. The number of hydrogen-bond acceptors (Lipinski definition) is 3. The van der Waals surface area contributed by atoms with Gasteiger partial charge in [0.2, 0.25) is 5.91 Å². The van der Waals surface area contributed by atoms with Gasteiger partial charge in [0.1, 0.15) is 12.2 Å². The van der Waals surface area contributed by atoms with Gasteiger partial charge >= 0.3 is 0 Å². The second-order valence-electron chi connectivity index (χ2n) is 4.72. The zero-order chi connectivity index (χ0) is 10.9. The summed E-state index contributed by atoms with van der Waals surface area (Å²) < 4.78 is 0. The van der Waals surface area contributed by atoms with Crippen LogP contribution in [0.1, 0.15) is 26.1 Å². The van der Waals surface area contributed by atoms with Gasteiger partial charge in [-0.2, -0.15) is 5.10 Å². The highest BCUT2D eigenvalue weighted by Crippen LogP contribution is 2.51. The van der Waals surface area contributed by atoms with E-state index in [4.69, 9.17) is 0 Å². The Bertz CT molecular complexity index is 344. The molecule has 2 N–H and O–H groups in total. The van der Waals surface area contributed by atoms with Crippen LogP contribution in [0.4, 0.5) is 0 Å². The van der Waals surface area contributed by atoms with E-state index in [1.807, 2.05) is 0 Å². The van der Waals surface area contributed by atoms with Crippen LogP contribution in [0.2, 0.25) is 0 Å². The van der Waals surface area contributed by atoms with Crippen molar-refractivity contribution in [3.63, 3.8) is 0 Å². The molecule has 1 aromatic rings. The lowest BCUT2D eigenvalue weighted by Gasteiger charge is -2.04. The van der Waals surface area contributed by atoms with E-state index >= 15 is 0 Å². The maximum Gasteiger partial charge on any atom is 0.223 e. The Balaban J connectivity index is 1.69. The highest BCUT2D eigenvalue weighted by molar-refractivity contribution is 5.82. The Morgan fingerprint density at radius 2 is 2.47 bits per heavy atom. The van der Waals surface area contributed by atoms with E-state index in [2.05, 4.69) is 34.3 Å². The zero-order valence-corrected chi connectivity index (χ0v) is 9.08. The van der Waals surface area contributed by atoms with Crippen LogP contribution in [0.25, 0.3) is 0 Å². The molecule has 1 aromatic heterocycles. The van der Waals surface area contributed by atoms with E-state index in [9.17, 15) is 4.79 Å². The molecule has 1 unspecified atom stereocenters. The summed E-state index contributed by atoms with van der Waals surface area (Å²) in [4.78, 5) is 15.6. The average Bonchev–Trinajstić information content (AvgIpc) is 2.65. The summed E-state index contributed by atoms with van der Waals surface area (Å²) in [5.74, 6) is 1.18. The summed E-state index contributed by atoms with van der Waals surface area (Å²) in [6.45, 7) is 4.86. The fourth-order valence-corrected chi connectivity index (χ4v) is 1.69. The Morgan fingerprint density at radius 3 is 3.00 bits per heavy atom. The average molecular weight is 208 g/mol. The lowest BCUT2D eigenvalue weighted by Crippen LogP contribution is -2.28. The second-order valence-corrected chi connectivity index (χ2v) is 4.72. The van der Waals surface area contributed by atoms with Crippen LogP contribution in [-0.4, -0.2) is 27.6 Å². The molecule has 0 saturated heterocycles. The lowest BCUT2D eigenvalue weighted by molar-refractivity contribution is -0.122. The molecule has 0 spiro atoms. The summed E-state index contributed by atoms with van der Waals surface area (Å²) in [6.07, 6.45) is 3.18. The normalized spacial score (nSPS) is 22.4. The molecule has 0 aliphatic heterocycles. The molecule has 0 bridgehead atoms. The van der Waals surface area contributed by atoms with Crippen molar-refractivity contribution in [2.24, 2.45) is 11.3 Å². The summed E-state index contributed by atoms with van der Waals surface area (Å²) >= 11 is 0. The van der Waals surface area contributed by atoms with Crippen LogP contribution >= 0.6 is 0 Å². The number of amides is 1. The van der Waals surface area contributed by atoms with E-state index in [0.29, 0.717) is 13.0 Å². The number of aromatic amines is 1. The third-order valence-electron chi connectivity index (χ3n) is 2.96. The van der Waals surface area contributed by atoms with Gasteiger partial charge in [0.05, 0.1) is 0 Å². The minimum Gasteiger partial charge on any atom is -0.355 e. The topological polar surface area (TPSA) is 70.7 Å². The van der Waals surface area contributed by atoms with Gasteiger partial charge in [-0.05, 0) is 11.8 Å². The quantitative estimate of drug-likeness (QED) is 0.757. The first-order chi connectivity index (χ1) is 7.09. The largest absolute Gasteiger partial charge is 0.355 e. The summed E-state index contributed by atoms with van der Waals surface area (Å²) in [7, 11) is 0. The van der Waals surface area contributed by atoms with Gasteiger partial charge < -0.3 is 5.32 Å². The van der Waals surface area contributed by atoms with Crippen molar-refractivity contribution in [3.05, 3.63) is 12.2 Å². The highest BCUT2D eigenvalue weighted by Gasteiger charge is 2.50.